The molecule has 0 aliphatic rings. The van der Waals surface area contributed by atoms with Gasteiger partial charge in [0.25, 0.3) is 0 Å². The molecule has 4 rings (SSSR count). The topological polar surface area (TPSA) is 64.4 Å². The number of carbonyl (C=O) groups excluding carboxylic acids is 1. The maximum atomic E-state index is 12.7. The lowest BCUT2D eigenvalue weighted by Gasteiger charge is -2.11. The van der Waals surface area contributed by atoms with Crippen LogP contribution >= 0.6 is 11.3 Å². The molecule has 154 valence electrons. The highest BCUT2D eigenvalue weighted by atomic mass is 32.1. The smallest absolute Gasteiger partial charge is 0.250 e. The highest BCUT2D eigenvalue weighted by Gasteiger charge is 2.15. The molecule has 2 heterocycles. The molecule has 0 spiro atoms. The number of anilines is 1. The van der Waals surface area contributed by atoms with Gasteiger partial charge in [0.15, 0.2) is 5.13 Å². The van der Waals surface area contributed by atoms with E-state index in [-0.39, 0.29) is 5.91 Å². The van der Waals surface area contributed by atoms with Crippen molar-refractivity contribution in [3.05, 3.63) is 58.9 Å². The number of fused-ring (bicyclic) bond motifs is 2. The summed E-state index contributed by atoms with van der Waals surface area (Å²) in [4.78, 5) is 17.2. The number of hydrogen-bond donors (Lipinski definition) is 1. The van der Waals surface area contributed by atoms with Crippen LogP contribution in [0.3, 0.4) is 0 Å². The first-order valence-corrected chi connectivity index (χ1v) is 10.7. The van der Waals surface area contributed by atoms with Crippen LogP contribution in [0.15, 0.2) is 40.8 Å². The predicted molar refractivity (Wildman–Crippen MR) is 123 cm³/mol. The van der Waals surface area contributed by atoms with Crippen LogP contribution in [-0.4, -0.2) is 17.5 Å². The van der Waals surface area contributed by atoms with Crippen LogP contribution in [0, 0.1) is 20.8 Å². The molecular weight excluding hydrogens is 396 g/mol. The number of ether oxygens (including phenoxy) is 1. The van der Waals surface area contributed by atoms with E-state index < -0.39 is 0 Å². The minimum atomic E-state index is -0.216. The second-order valence-corrected chi connectivity index (χ2v) is 8.35. The number of carbonyl (C=O) groups is 1. The SMILES string of the molecule is CCOc1cc2oc(C)c(C)c2cc1/C(C)=C/C(=O)Nc1nc2c(C)cccc2s1. The van der Waals surface area contributed by atoms with E-state index in [1.807, 2.05) is 65.0 Å². The zero-order chi connectivity index (χ0) is 21.4. The monoisotopic (exact) mass is 420 g/mol. The van der Waals surface area contributed by atoms with Crippen LogP contribution in [0.1, 0.15) is 36.3 Å². The first kappa shape index (κ1) is 20.2. The Kier molecular flexibility index (Phi) is 5.35. The normalized spacial score (nSPS) is 12.0. The summed E-state index contributed by atoms with van der Waals surface area (Å²) in [5, 5.41) is 4.52. The number of allylic oxidation sites excluding steroid dienone is 1. The van der Waals surface area contributed by atoms with Crippen LogP contribution in [-0.2, 0) is 4.79 Å². The van der Waals surface area contributed by atoms with Gasteiger partial charge in [-0.2, -0.15) is 0 Å². The van der Waals surface area contributed by atoms with Gasteiger partial charge in [-0.05, 0) is 63.5 Å². The Morgan fingerprint density at radius 2 is 2.07 bits per heavy atom. The second-order valence-electron chi connectivity index (χ2n) is 7.32. The van der Waals surface area contributed by atoms with Gasteiger partial charge in [0.05, 0.1) is 16.8 Å². The van der Waals surface area contributed by atoms with Gasteiger partial charge in [-0.1, -0.05) is 23.5 Å². The standard InChI is InChI=1S/C24H24N2O3S/c1-6-28-19-12-20-18(15(4)16(5)29-20)11-17(19)14(3)10-22(27)25-24-26-23-13(2)8-7-9-21(23)30-24/h7-12H,6H2,1-5H3,(H,25,26,27)/b14-10+. The molecule has 0 atom stereocenters. The average molecular weight is 421 g/mol. The van der Waals surface area contributed by atoms with Gasteiger partial charge in [-0.3, -0.25) is 10.1 Å². The minimum Gasteiger partial charge on any atom is -0.493 e. The van der Waals surface area contributed by atoms with E-state index in [4.69, 9.17) is 9.15 Å². The Bertz CT molecular complexity index is 1300. The molecule has 0 aliphatic carbocycles. The lowest BCUT2D eigenvalue weighted by atomic mass is 10.0. The lowest BCUT2D eigenvalue weighted by Crippen LogP contribution is -2.08. The van der Waals surface area contributed by atoms with E-state index in [1.165, 1.54) is 11.3 Å². The van der Waals surface area contributed by atoms with Crippen molar-refractivity contribution in [2.75, 3.05) is 11.9 Å². The Balaban J connectivity index is 1.66. The highest BCUT2D eigenvalue weighted by Crippen LogP contribution is 2.35. The molecule has 2 aromatic heterocycles. The summed E-state index contributed by atoms with van der Waals surface area (Å²) in [6.45, 7) is 10.4. The van der Waals surface area contributed by atoms with Crippen molar-refractivity contribution >= 4 is 49.1 Å². The van der Waals surface area contributed by atoms with Crippen LogP contribution in [0.25, 0.3) is 26.8 Å². The first-order chi connectivity index (χ1) is 14.4. The Morgan fingerprint density at radius 3 is 2.80 bits per heavy atom. The lowest BCUT2D eigenvalue weighted by molar-refractivity contribution is -0.111. The van der Waals surface area contributed by atoms with Gasteiger partial charge in [0, 0.05) is 23.1 Å². The molecule has 6 heteroatoms. The quantitative estimate of drug-likeness (QED) is 0.379. The van der Waals surface area contributed by atoms with Crippen molar-refractivity contribution < 1.29 is 13.9 Å². The van der Waals surface area contributed by atoms with E-state index >= 15 is 0 Å². The van der Waals surface area contributed by atoms with Crippen LogP contribution in [0.5, 0.6) is 5.75 Å². The molecule has 0 radical (unpaired) electrons. The second kappa shape index (κ2) is 7.95. The number of benzene rings is 2. The Hall–Kier alpha value is -3.12. The van der Waals surface area contributed by atoms with E-state index in [2.05, 4.69) is 10.3 Å². The molecule has 0 saturated heterocycles. The Labute approximate surface area is 179 Å². The molecule has 0 unspecified atom stereocenters. The summed E-state index contributed by atoms with van der Waals surface area (Å²) >= 11 is 1.47. The maximum Gasteiger partial charge on any atom is 0.250 e. The number of thiazole rings is 1. The van der Waals surface area contributed by atoms with Gasteiger partial charge in [-0.15, -0.1) is 0 Å². The van der Waals surface area contributed by atoms with Crippen molar-refractivity contribution in [3.63, 3.8) is 0 Å². The number of para-hydroxylation sites is 1. The zero-order valence-electron chi connectivity index (χ0n) is 17.8. The summed E-state index contributed by atoms with van der Waals surface area (Å²) in [6.07, 6.45) is 1.59. The summed E-state index contributed by atoms with van der Waals surface area (Å²) in [7, 11) is 0. The fourth-order valence-electron chi connectivity index (χ4n) is 3.51. The molecule has 0 saturated carbocycles. The zero-order valence-corrected chi connectivity index (χ0v) is 18.6. The van der Waals surface area contributed by atoms with Crippen LogP contribution in [0.4, 0.5) is 5.13 Å². The number of hydrogen-bond acceptors (Lipinski definition) is 5. The van der Waals surface area contributed by atoms with Gasteiger partial charge in [0.1, 0.15) is 17.1 Å². The van der Waals surface area contributed by atoms with E-state index in [0.29, 0.717) is 17.5 Å². The number of rotatable bonds is 5. The third-order valence-corrected chi connectivity index (χ3v) is 6.14. The molecule has 1 N–H and O–H groups in total. The van der Waals surface area contributed by atoms with Gasteiger partial charge >= 0.3 is 0 Å². The predicted octanol–water partition coefficient (Wildman–Crippen LogP) is 6.41. The van der Waals surface area contributed by atoms with Crippen LogP contribution in [0.2, 0.25) is 0 Å². The van der Waals surface area contributed by atoms with Gasteiger partial charge in [0.2, 0.25) is 5.91 Å². The van der Waals surface area contributed by atoms with Gasteiger partial charge < -0.3 is 9.15 Å². The number of nitrogens with zero attached hydrogens (tertiary/aromatic N) is 1. The summed E-state index contributed by atoms with van der Waals surface area (Å²) in [5.41, 5.74) is 5.59. The molecular formula is C24H24N2O3S. The number of aromatic nitrogens is 1. The average Bonchev–Trinajstić information content (AvgIpc) is 3.22. The van der Waals surface area contributed by atoms with Crippen molar-refractivity contribution in [2.24, 2.45) is 0 Å². The third-order valence-electron chi connectivity index (χ3n) is 5.20. The summed E-state index contributed by atoms with van der Waals surface area (Å²) < 4.78 is 12.7. The molecule has 0 aliphatic heterocycles. The summed E-state index contributed by atoms with van der Waals surface area (Å²) in [6, 6.07) is 9.96. The largest absolute Gasteiger partial charge is 0.493 e. The molecule has 1 amide bonds. The molecule has 4 aromatic rings. The number of furan rings is 1. The summed E-state index contributed by atoms with van der Waals surface area (Å²) in [5.74, 6) is 1.37. The molecule has 0 bridgehead atoms. The fourth-order valence-corrected chi connectivity index (χ4v) is 4.46. The van der Waals surface area contributed by atoms with Crippen molar-refractivity contribution in [3.8, 4) is 5.75 Å². The fraction of sp³-hybridized carbons (Fsp3) is 0.250. The van der Waals surface area contributed by atoms with Crippen LogP contribution < -0.4 is 10.1 Å². The first-order valence-electron chi connectivity index (χ1n) is 9.89. The van der Waals surface area contributed by atoms with Crippen molar-refractivity contribution in [2.45, 2.75) is 34.6 Å². The number of aryl methyl sites for hydroxylation is 3. The molecule has 2 aromatic carbocycles. The highest BCUT2D eigenvalue weighted by molar-refractivity contribution is 7.22. The van der Waals surface area contributed by atoms with E-state index in [9.17, 15) is 4.79 Å². The molecule has 30 heavy (non-hydrogen) atoms. The molecule has 0 fully saturated rings. The number of nitrogens with one attached hydrogen (secondary N) is 1. The molecule has 5 nitrogen and oxygen atoms in total. The van der Waals surface area contributed by atoms with Crippen molar-refractivity contribution in [1.82, 2.24) is 4.98 Å². The minimum absolute atomic E-state index is 0.216. The van der Waals surface area contributed by atoms with E-state index in [0.717, 1.165) is 49.2 Å². The third kappa shape index (κ3) is 3.71. The number of amides is 1. The Morgan fingerprint density at radius 1 is 1.27 bits per heavy atom. The van der Waals surface area contributed by atoms with E-state index in [1.54, 1.807) is 6.08 Å². The van der Waals surface area contributed by atoms with Gasteiger partial charge in [-0.25, -0.2) is 4.98 Å². The maximum absolute atomic E-state index is 12.7. The van der Waals surface area contributed by atoms with Crippen molar-refractivity contribution in [1.29, 1.82) is 0 Å².